The van der Waals surface area contributed by atoms with Crippen LogP contribution in [0.15, 0.2) is 11.7 Å². The van der Waals surface area contributed by atoms with Crippen LogP contribution in [0, 0.1) is 13.8 Å². The maximum absolute atomic E-state index is 11.9. The molecule has 0 aliphatic carbocycles. The van der Waals surface area contributed by atoms with Crippen LogP contribution >= 0.6 is 11.3 Å². The molecule has 0 aromatic carbocycles. The van der Waals surface area contributed by atoms with Crippen molar-refractivity contribution >= 4 is 17.2 Å². The van der Waals surface area contributed by atoms with E-state index < -0.39 is 0 Å². The van der Waals surface area contributed by atoms with E-state index in [1.807, 2.05) is 18.5 Å². The second kappa shape index (κ2) is 5.52. The molecule has 0 saturated carbocycles. The van der Waals surface area contributed by atoms with E-state index in [0.29, 0.717) is 17.5 Å². The van der Waals surface area contributed by atoms with Gasteiger partial charge in [0.1, 0.15) is 4.88 Å². The molecule has 2 aromatic heterocycles. The largest absolute Gasteiger partial charge is 0.347 e. The highest BCUT2D eigenvalue weighted by molar-refractivity contribution is 7.11. The fraction of sp³-hybridized carbons (Fsp3) is 0.462. The molecular weight excluding hydrogens is 260 g/mol. The van der Waals surface area contributed by atoms with Crippen LogP contribution in [0.3, 0.4) is 0 Å². The lowest BCUT2D eigenvalue weighted by atomic mass is 10.2. The van der Waals surface area contributed by atoms with Crippen molar-refractivity contribution in [3.05, 3.63) is 33.5 Å². The third-order valence-corrected chi connectivity index (χ3v) is 3.82. The summed E-state index contributed by atoms with van der Waals surface area (Å²) in [4.78, 5) is 16.4. The molecule has 2 rings (SSSR count). The van der Waals surface area contributed by atoms with Gasteiger partial charge in [-0.25, -0.2) is 0 Å². The first-order chi connectivity index (χ1) is 9.00. The van der Waals surface area contributed by atoms with Crippen LogP contribution in [0.4, 0.5) is 0 Å². The first-order valence-electron chi connectivity index (χ1n) is 6.22. The molecule has 2 heterocycles. The van der Waals surface area contributed by atoms with E-state index in [9.17, 15) is 4.79 Å². The Hall–Kier alpha value is -1.69. The predicted molar refractivity (Wildman–Crippen MR) is 75.4 cm³/mol. The monoisotopic (exact) mass is 278 g/mol. The van der Waals surface area contributed by atoms with Crippen molar-refractivity contribution in [2.45, 2.75) is 40.3 Å². The summed E-state index contributed by atoms with van der Waals surface area (Å²) in [6, 6.07) is 0.324. The lowest BCUT2D eigenvalue weighted by Gasteiger charge is -2.09. The van der Waals surface area contributed by atoms with Crippen LogP contribution in [0.2, 0.25) is 0 Å². The quantitative estimate of drug-likeness (QED) is 0.934. The van der Waals surface area contributed by atoms with Gasteiger partial charge in [-0.2, -0.15) is 5.10 Å². The molecule has 0 aliphatic heterocycles. The zero-order chi connectivity index (χ0) is 14.0. The average Bonchev–Trinajstić information content (AvgIpc) is 2.96. The van der Waals surface area contributed by atoms with Gasteiger partial charge in [-0.15, -0.1) is 11.3 Å². The molecule has 0 unspecified atom stereocenters. The van der Waals surface area contributed by atoms with Crippen molar-refractivity contribution in [2.75, 3.05) is 0 Å². The van der Waals surface area contributed by atoms with Crippen molar-refractivity contribution in [1.29, 1.82) is 0 Å². The summed E-state index contributed by atoms with van der Waals surface area (Å²) in [6.45, 7) is 8.70. The molecule has 0 saturated heterocycles. The molecule has 6 heteroatoms. The summed E-state index contributed by atoms with van der Waals surface area (Å²) in [5.74, 6) is -0.0846. The van der Waals surface area contributed by atoms with Crippen molar-refractivity contribution in [2.24, 2.45) is 0 Å². The van der Waals surface area contributed by atoms with Crippen molar-refractivity contribution in [1.82, 2.24) is 20.1 Å². The molecule has 102 valence electrons. The van der Waals surface area contributed by atoms with Gasteiger partial charge < -0.3 is 5.32 Å². The van der Waals surface area contributed by atoms with Crippen molar-refractivity contribution in [3.63, 3.8) is 0 Å². The Kier molecular flexibility index (Phi) is 3.99. The Balaban J connectivity index is 2.10. The highest BCUT2D eigenvalue weighted by Crippen LogP contribution is 2.17. The minimum atomic E-state index is -0.0846. The van der Waals surface area contributed by atoms with Crippen molar-refractivity contribution < 1.29 is 4.79 Å². The smallest absolute Gasteiger partial charge is 0.263 e. The number of carbonyl (C=O) groups is 1. The number of thiazole rings is 1. The van der Waals surface area contributed by atoms with Crippen LogP contribution in [0.25, 0.3) is 0 Å². The molecule has 0 aliphatic rings. The van der Waals surface area contributed by atoms with Crippen LogP contribution < -0.4 is 5.32 Å². The Bertz CT molecular complexity index is 572. The maximum atomic E-state index is 11.9. The predicted octanol–water partition coefficient (Wildman–Crippen LogP) is 2.47. The van der Waals surface area contributed by atoms with Gasteiger partial charge in [-0.1, -0.05) is 0 Å². The van der Waals surface area contributed by atoms with Gasteiger partial charge >= 0.3 is 0 Å². The molecule has 1 amide bonds. The first-order valence-corrected chi connectivity index (χ1v) is 7.10. The molecule has 19 heavy (non-hydrogen) atoms. The first kappa shape index (κ1) is 13.7. The Morgan fingerprint density at radius 1 is 1.47 bits per heavy atom. The van der Waals surface area contributed by atoms with E-state index in [2.05, 4.69) is 29.2 Å². The Morgan fingerprint density at radius 2 is 2.21 bits per heavy atom. The zero-order valence-electron chi connectivity index (χ0n) is 11.6. The summed E-state index contributed by atoms with van der Waals surface area (Å²) < 4.78 is 1.99. The third-order valence-electron chi connectivity index (χ3n) is 3.05. The number of hydrogen-bond donors (Lipinski definition) is 1. The van der Waals surface area contributed by atoms with Crippen molar-refractivity contribution in [3.8, 4) is 0 Å². The van der Waals surface area contributed by atoms with Gasteiger partial charge in [-0.3, -0.25) is 14.5 Å². The lowest BCUT2D eigenvalue weighted by molar-refractivity contribution is 0.0954. The Morgan fingerprint density at radius 3 is 2.74 bits per heavy atom. The van der Waals surface area contributed by atoms with E-state index >= 15 is 0 Å². The molecule has 0 atom stereocenters. The second-order valence-electron chi connectivity index (χ2n) is 4.74. The SMILES string of the molecule is Cc1nn(C(C)C)c(C)c1CNC(=O)c1cncs1. The molecular formula is C13H18N4OS. The number of carbonyl (C=O) groups excluding carboxylic acids is 1. The van der Waals surface area contributed by atoms with Gasteiger partial charge in [-0.05, 0) is 27.7 Å². The zero-order valence-corrected chi connectivity index (χ0v) is 12.4. The van der Waals surface area contributed by atoms with E-state index in [4.69, 9.17) is 0 Å². The van der Waals surface area contributed by atoms with E-state index in [1.54, 1.807) is 11.7 Å². The van der Waals surface area contributed by atoms with E-state index in [-0.39, 0.29) is 5.91 Å². The molecule has 0 bridgehead atoms. The van der Waals surface area contributed by atoms with Crippen LogP contribution in [-0.4, -0.2) is 20.7 Å². The van der Waals surface area contributed by atoms with Gasteiger partial charge in [0.05, 0.1) is 17.4 Å². The number of hydrogen-bond acceptors (Lipinski definition) is 4. The van der Waals surface area contributed by atoms with Gasteiger partial charge in [0, 0.05) is 23.8 Å². The summed E-state index contributed by atoms with van der Waals surface area (Å²) in [6.07, 6.45) is 1.58. The van der Waals surface area contributed by atoms with Crippen LogP contribution in [-0.2, 0) is 6.54 Å². The maximum Gasteiger partial charge on any atom is 0.263 e. The van der Waals surface area contributed by atoms with Crippen LogP contribution in [0.1, 0.15) is 46.5 Å². The molecule has 2 aromatic rings. The highest BCUT2D eigenvalue weighted by Gasteiger charge is 2.14. The number of amides is 1. The number of rotatable bonds is 4. The summed E-state index contributed by atoms with van der Waals surface area (Å²) in [5.41, 5.74) is 4.82. The number of nitrogens with zero attached hydrogens (tertiary/aromatic N) is 3. The molecule has 0 fully saturated rings. The minimum absolute atomic E-state index is 0.0846. The fourth-order valence-corrected chi connectivity index (χ4v) is 2.58. The van der Waals surface area contributed by atoms with Crippen LogP contribution in [0.5, 0.6) is 0 Å². The number of aryl methyl sites for hydroxylation is 1. The number of nitrogens with one attached hydrogen (secondary N) is 1. The summed E-state index contributed by atoms with van der Waals surface area (Å²) in [7, 11) is 0. The minimum Gasteiger partial charge on any atom is -0.347 e. The topological polar surface area (TPSA) is 59.8 Å². The Labute approximate surface area is 116 Å². The summed E-state index contributed by atoms with van der Waals surface area (Å²) >= 11 is 1.34. The molecule has 0 spiro atoms. The molecule has 0 radical (unpaired) electrons. The van der Waals surface area contributed by atoms with Gasteiger partial charge in [0.2, 0.25) is 0 Å². The molecule has 5 nitrogen and oxygen atoms in total. The fourth-order valence-electron chi connectivity index (χ4n) is 2.04. The van der Waals surface area contributed by atoms with E-state index in [1.165, 1.54) is 11.3 Å². The molecule has 1 N–H and O–H groups in total. The lowest BCUT2D eigenvalue weighted by Crippen LogP contribution is -2.22. The summed E-state index contributed by atoms with van der Waals surface area (Å²) in [5, 5.41) is 7.42. The number of aromatic nitrogens is 3. The highest BCUT2D eigenvalue weighted by atomic mass is 32.1. The normalized spacial score (nSPS) is 11.0. The van der Waals surface area contributed by atoms with Gasteiger partial charge in [0.25, 0.3) is 5.91 Å². The second-order valence-corrected chi connectivity index (χ2v) is 5.62. The van der Waals surface area contributed by atoms with Gasteiger partial charge in [0.15, 0.2) is 0 Å². The standard InChI is InChI=1S/C13H18N4OS/c1-8(2)17-10(4)11(9(3)16-17)5-15-13(18)12-6-14-7-19-12/h6-8H,5H2,1-4H3,(H,15,18). The third kappa shape index (κ3) is 2.84. The average molecular weight is 278 g/mol. The van der Waals surface area contributed by atoms with E-state index in [0.717, 1.165) is 17.0 Å².